The fourth-order valence-electron chi connectivity index (χ4n) is 1.50. The van der Waals surface area contributed by atoms with Crippen LogP contribution < -0.4 is 10.9 Å². The van der Waals surface area contributed by atoms with Gasteiger partial charge in [0.25, 0.3) is 17.5 Å². The Labute approximate surface area is 142 Å². The molecule has 0 heterocycles. The summed E-state index contributed by atoms with van der Waals surface area (Å²) in [5.41, 5.74) is 4.08. The lowest BCUT2D eigenvalue weighted by molar-refractivity contribution is -0.384. The van der Waals surface area contributed by atoms with Crippen molar-refractivity contribution in [2.45, 2.75) is 13.0 Å². The molecule has 10 heteroatoms. The summed E-state index contributed by atoms with van der Waals surface area (Å²) in [5, 5.41) is 10.5. The van der Waals surface area contributed by atoms with Gasteiger partial charge in [-0.2, -0.15) is 0 Å². The number of carbonyl (C=O) groups excluding carboxylic acids is 3. The zero-order valence-electron chi connectivity index (χ0n) is 13.4. The monoisotopic (exact) mass is 351 g/mol. The Kier molecular flexibility index (Phi) is 7.73. The minimum absolute atomic E-state index is 0.106. The molecular formula is C15H17N3O7. The third-order valence-corrected chi connectivity index (χ3v) is 2.80. The van der Waals surface area contributed by atoms with Crippen molar-refractivity contribution in [2.24, 2.45) is 0 Å². The number of hydrogen-bond acceptors (Lipinski definition) is 7. The number of esters is 1. The molecule has 1 atom stereocenters. The Morgan fingerprint density at radius 1 is 1.28 bits per heavy atom. The molecule has 0 aliphatic rings. The van der Waals surface area contributed by atoms with E-state index in [1.54, 1.807) is 0 Å². The van der Waals surface area contributed by atoms with Crippen LogP contribution in [-0.2, 0) is 19.1 Å². The van der Waals surface area contributed by atoms with Gasteiger partial charge in [0, 0.05) is 17.7 Å². The highest BCUT2D eigenvalue weighted by Gasteiger charge is 2.16. The van der Waals surface area contributed by atoms with E-state index in [2.05, 4.69) is 12.0 Å². The van der Waals surface area contributed by atoms with Crippen LogP contribution in [0.5, 0.6) is 0 Å². The van der Waals surface area contributed by atoms with Gasteiger partial charge in [-0.1, -0.05) is 6.08 Å². The number of nitrogens with zero attached hydrogens (tertiary/aromatic N) is 1. The highest BCUT2D eigenvalue weighted by molar-refractivity contribution is 5.95. The largest absolute Gasteiger partial charge is 0.454 e. The van der Waals surface area contributed by atoms with Gasteiger partial charge in [-0.05, 0) is 19.1 Å². The van der Waals surface area contributed by atoms with E-state index in [1.165, 1.54) is 25.1 Å². The number of nitro benzene ring substituents is 1. The molecule has 0 bridgehead atoms. The maximum atomic E-state index is 11.8. The van der Waals surface area contributed by atoms with Crippen LogP contribution in [-0.4, -0.2) is 42.0 Å². The molecule has 1 rings (SSSR count). The summed E-state index contributed by atoms with van der Waals surface area (Å²) in [7, 11) is 0. The molecule has 0 saturated carbocycles. The van der Waals surface area contributed by atoms with Gasteiger partial charge in [0.05, 0.1) is 11.5 Å². The van der Waals surface area contributed by atoms with Crippen molar-refractivity contribution in [1.29, 1.82) is 0 Å². The van der Waals surface area contributed by atoms with Crippen molar-refractivity contribution < 1.29 is 28.8 Å². The number of hydrogen-bond donors (Lipinski definition) is 2. The minimum Gasteiger partial charge on any atom is -0.454 e. The van der Waals surface area contributed by atoms with Crippen molar-refractivity contribution >= 4 is 23.5 Å². The van der Waals surface area contributed by atoms with Crippen LogP contribution in [0.3, 0.4) is 0 Å². The second-order valence-corrected chi connectivity index (χ2v) is 4.68. The predicted octanol–water partition coefficient (Wildman–Crippen LogP) is 0.490. The summed E-state index contributed by atoms with van der Waals surface area (Å²) in [4.78, 5) is 44.7. The first kappa shape index (κ1) is 19.8. The molecule has 0 spiro atoms. The lowest BCUT2D eigenvalue weighted by Crippen LogP contribution is -2.44. The number of hydrazine groups is 1. The summed E-state index contributed by atoms with van der Waals surface area (Å²) in [5.74, 6) is -2.18. The van der Waals surface area contributed by atoms with E-state index in [1.807, 2.05) is 5.43 Å². The van der Waals surface area contributed by atoms with Gasteiger partial charge >= 0.3 is 5.97 Å². The molecule has 1 unspecified atom stereocenters. The quantitative estimate of drug-likeness (QED) is 0.301. The van der Waals surface area contributed by atoms with Crippen molar-refractivity contribution in [3.05, 3.63) is 52.6 Å². The summed E-state index contributed by atoms with van der Waals surface area (Å²) in [6.45, 7) is 4.44. The molecule has 25 heavy (non-hydrogen) atoms. The number of carbonyl (C=O) groups is 3. The van der Waals surface area contributed by atoms with E-state index in [-0.39, 0.29) is 17.9 Å². The molecule has 2 amide bonds. The van der Waals surface area contributed by atoms with Crippen molar-refractivity contribution in [2.75, 3.05) is 13.2 Å². The Morgan fingerprint density at radius 3 is 2.48 bits per heavy atom. The Bertz CT molecular complexity index is 658. The standard InChI is InChI=1S/C15H17N3O7/c1-3-8-24-10(2)15(21)25-9-13(19)16-17-14(20)11-4-6-12(7-5-11)18(22)23/h3-7,10H,1,8-9H2,2H3,(H,16,19)(H,17,20). The van der Waals surface area contributed by atoms with E-state index in [0.29, 0.717) is 0 Å². The Balaban J connectivity index is 2.38. The van der Waals surface area contributed by atoms with Crippen LogP contribution in [0.15, 0.2) is 36.9 Å². The van der Waals surface area contributed by atoms with Crippen LogP contribution in [0.2, 0.25) is 0 Å². The van der Waals surface area contributed by atoms with Crippen molar-refractivity contribution in [1.82, 2.24) is 10.9 Å². The van der Waals surface area contributed by atoms with E-state index < -0.39 is 35.4 Å². The lowest BCUT2D eigenvalue weighted by Gasteiger charge is -2.11. The van der Waals surface area contributed by atoms with Gasteiger partial charge in [0.15, 0.2) is 12.7 Å². The fraction of sp³-hybridized carbons (Fsp3) is 0.267. The molecule has 10 nitrogen and oxygen atoms in total. The van der Waals surface area contributed by atoms with Crippen LogP contribution in [0.4, 0.5) is 5.69 Å². The number of nitrogens with one attached hydrogen (secondary N) is 2. The molecule has 1 aromatic rings. The molecule has 134 valence electrons. The lowest BCUT2D eigenvalue weighted by atomic mass is 10.2. The first-order chi connectivity index (χ1) is 11.8. The molecule has 1 aromatic carbocycles. The van der Waals surface area contributed by atoms with Gasteiger partial charge in [0.2, 0.25) is 0 Å². The number of nitro groups is 1. The van der Waals surface area contributed by atoms with Crippen LogP contribution in [0, 0.1) is 10.1 Å². The highest BCUT2D eigenvalue weighted by atomic mass is 16.6. The zero-order valence-corrected chi connectivity index (χ0v) is 13.4. The second kappa shape index (κ2) is 9.78. The van der Waals surface area contributed by atoms with Crippen molar-refractivity contribution in [3.8, 4) is 0 Å². The maximum Gasteiger partial charge on any atom is 0.335 e. The first-order valence-electron chi connectivity index (χ1n) is 7.08. The molecule has 0 fully saturated rings. The SMILES string of the molecule is C=CCOC(C)C(=O)OCC(=O)NNC(=O)c1ccc([N+](=O)[O-])cc1. The Morgan fingerprint density at radius 2 is 1.92 bits per heavy atom. The molecular weight excluding hydrogens is 334 g/mol. The van der Waals surface area contributed by atoms with Gasteiger partial charge in [-0.3, -0.25) is 30.6 Å². The average Bonchev–Trinajstić information content (AvgIpc) is 2.61. The van der Waals surface area contributed by atoms with Crippen LogP contribution >= 0.6 is 0 Å². The van der Waals surface area contributed by atoms with Gasteiger partial charge in [0.1, 0.15) is 0 Å². The molecule has 0 aliphatic carbocycles. The fourth-order valence-corrected chi connectivity index (χ4v) is 1.50. The summed E-state index contributed by atoms with van der Waals surface area (Å²) < 4.78 is 9.73. The molecule has 0 saturated heterocycles. The number of amides is 2. The van der Waals surface area contributed by atoms with E-state index in [0.717, 1.165) is 12.1 Å². The number of rotatable bonds is 8. The van der Waals surface area contributed by atoms with Gasteiger partial charge in [-0.15, -0.1) is 6.58 Å². The van der Waals surface area contributed by atoms with Gasteiger partial charge < -0.3 is 9.47 Å². The van der Waals surface area contributed by atoms with Crippen molar-refractivity contribution in [3.63, 3.8) is 0 Å². The smallest absolute Gasteiger partial charge is 0.335 e. The first-order valence-corrected chi connectivity index (χ1v) is 7.08. The third-order valence-electron chi connectivity index (χ3n) is 2.80. The molecule has 0 aromatic heterocycles. The third kappa shape index (κ3) is 6.79. The molecule has 0 aliphatic heterocycles. The molecule has 0 radical (unpaired) electrons. The summed E-state index contributed by atoms with van der Waals surface area (Å²) in [6, 6.07) is 4.78. The maximum absolute atomic E-state index is 11.8. The topological polar surface area (TPSA) is 137 Å². The van der Waals surface area contributed by atoms with E-state index >= 15 is 0 Å². The van der Waals surface area contributed by atoms with Crippen LogP contribution in [0.1, 0.15) is 17.3 Å². The predicted molar refractivity (Wildman–Crippen MR) is 85.3 cm³/mol. The normalized spacial score (nSPS) is 11.1. The summed E-state index contributed by atoms with van der Waals surface area (Å²) >= 11 is 0. The number of benzene rings is 1. The van der Waals surface area contributed by atoms with Gasteiger partial charge in [-0.25, -0.2) is 4.79 Å². The van der Waals surface area contributed by atoms with E-state index in [4.69, 9.17) is 9.47 Å². The highest BCUT2D eigenvalue weighted by Crippen LogP contribution is 2.11. The minimum atomic E-state index is -0.861. The second-order valence-electron chi connectivity index (χ2n) is 4.68. The number of non-ortho nitro benzene ring substituents is 1. The van der Waals surface area contributed by atoms with Crippen LogP contribution in [0.25, 0.3) is 0 Å². The summed E-state index contributed by atoms with van der Waals surface area (Å²) in [6.07, 6.45) is 0.602. The number of ether oxygens (including phenoxy) is 2. The van der Waals surface area contributed by atoms with E-state index in [9.17, 15) is 24.5 Å². The Hall–Kier alpha value is -3.27. The molecule has 2 N–H and O–H groups in total. The average molecular weight is 351 g/mol. The zero-order chi connectivity index (χ0) is 18.8.